The number of nitro groups is 1. The van der Waals surface area contributed by atoms with Crippen LogP contribution in [0, 0.1) is 21.4 Å². The number of halogens is 1. The first-order valence-corrected chi connectivity index (χ1v) is 9.18. The van der Waals surface area contributed by atoms with Crippen LogP contribution < -0.4 is 10.1 Å². The molecule has 0 saturated heterocycles. The van der Waals surface area contributed by atoms with E-state index in [0.717, 1.165) is 5.56 Å². The fourth-order valence-corrected chi connectivity index (χ4v) is 3.34. The first-order chi connectivity index (χ1) is 13.5. The van der Waals surface area contributed by atoms with Gasteiger partial charge in [-0.15, -0.1) is 11.3 Å². The maximum atomic E-state index is 10.8. The van der Waals surface area contributed by atoms with E-state index in [1.807, 2.05) is 0 Å². The molecule has 28 heavy (non-hydrogen) atoms. The molecule has 0 unspecified atom stereocenters. The molecular weight excluding hydrogens is 400 g/mol. The molecule has 0 aliphatic carbocycles. The van der Waals surface area contributed by atoms with E-state index in [2.05, 4.69) is 16.4 Å². The van der Waals surface area contributed by atoms with Crippen molar-refractivity contribution < 1.29 is 9.66 Å². The lowest BCUT2D eigenvalue weighted by atomic mass is 10.1. The number of nitrogens with zero attached hydrogens (tertiary/aromatic N) is 3. The quantitative estimate of drug-likeness (QED) is 0.332. The highest BCUT2D eigenvalue weighted by molar-refractivity contribution is 7.11. The number of aromatic nitrogens is 1. The number of nitro benzene ring substituents is 1. The number of methoxy groups -OCH3 is 1. The van der Waals surface area contributed by atoms with E-state index in [9.17, 15) is 15.4 Å². The van der Waals surface area contributed by atoms with Gasteiger partial charge in [0, 0.05) is 34.3 Å². The first kappa shape index (κ1) is 19.4. The van der Waals surface area contributed by atoms with Crippen molar-refractivity contribution >= 4 is 39.9 Å². The van der Waals surface area contributed by atoms with Crippen LogP contribution in [-0.4, -0.2) is 17.0 Å². The van der Waals surface area contributed by atoms with Crippen molar-refractivity contribution in [3.8, 4) is 23.1 Å². The van der Waals surface area contributed by atoms with Gasteiger partial charge in [0.05, 0.1) is 23.4 Å². The fourth-order valence-electron chi connectivity index (χ4n) is 2.37. The molecule has 0 radical (unpaired) electrons. The summed E-state index contributed by atoms with van der Waals surface area (Å²) in [5.74, 6) is 0.587. The summed E-state index contributed by atoms with van der Waals surface area (Å²) in [5, 5.41) is 26.1. The van der Waals surface area contributed by atoms with E-state index >= 15 is 0 Å². The molecule has 7 nitrogen and oxygen atoms in total. The van der Waals surface area contributed by atoms with Crippen LogP contribution in [0.1, 0.15) is 5.01 Å². The van der Waals surface area contributed by atoms with Crippen LogP contribution in [-0.2, 0) is 0 Å². The normalized spacial score (nSPS) is 11.0. The van der Waals surface area contributed by atoms with Gasteiger partial charge < -0.3 is 10.1 Å². The molecule has 9 heteroatoms. The summed E-state index contributed by atoms with van der Waals surface area (Å²) < 4.78 is 5.27. The lowest BCUT2D eigenvalue weighted by Gasteiger charge is -2.08. The summed E-state index contributed by atoms with van der Waals surface area (Å²) in [6.07, 6.45) is 1.53. The van der Waals surface area contributed by atoms with Crippen molar-refractivity contribution in [1.82, 2.24) is 4.98 Å². The molecule has 2 aromatic carbocycles. The van der Waals surface area contributed by atoms with Gasteiger partial charge >= 0.3 is 0 Å². The molecule has 0 amide bonds. The monoisotopic (exact) mass is 412 g/mol. The van der Waals surface area contributed by atoms with Crippen molar-refractivity contribution in [2.75, 3.05) is 12.4 Å². The third kappa shape index (κ3) is 4.28. The smallest absolute Gasteiger partial charge is 0.269 e. The molecule has 1 heterocycles. The Morgan fingerprint density at radius 2 is 2.11 bits per heavy atom. The number of thiazole rings is 1. The molecule has 0 fully saturated rings. The molecule has 3 rings (SSSR count). The van der Waals surface area contributed by atoms with Crippen molar-refractivity contribution in [1.29, 1.82) is 5.26 Å². The van der Waals surface area contributed by atoms with E-state index in [1.165, 1.54) is 29.7 Å². The molecule has 0 aliphatic rings. The average molecular weight is 413 g/mol. The average Bonchev–Trinajstić information content (AvgIpc) is 3.19. The Kier molecular flexibility index (Phi) is 5.89. The standard InChI is InChI=1S/C19H13ClN4O3S/c1-27-18-7-4-14(20)8-16(18)22-10-13(9-21)19-23-17(11-28-19)12-2-5-15(6-3-12)24(25)26/h2-8,10-11,22H,1H3/b13-10-. The Morgan fingerprint density at radius 1 is 1.36 bits per heavy atom. The molecule has 0 spiro atoms. The first-order valence-electron chi connectivity index (χ1n) is 7.93. The van der Waals surface area contributed by atoms with Crippen molar-refractivity contribution in [2.45, 2.75) is 0 Å². The summed E-state index contributed by atoms with van der Waals surface area (Å²) in [5.41, 5.74) is 2.33. The molecule has 1 N–H and O–H groups in total. The van der Waals surface area contributed by atoms with Crippen LogP contribution in [0.2, 0.25) is 5.02 Å². The third-order valence-electron chi connectivity index (χ3n) is 3.76. The second kappa shape index (κ2) is 8.52. The number of nitrogens with one attached hydrogen (secondary N) is 1. The maximum absolute atomic E-state index is 10.8. The van der Waals surface area contributed by atoms with Gasteiger partial charge in [0.1, 0.15) is 22.4 Å². The number of anilines is 1. The van der Waals surface area contributed by atoms with Crippen LogP contribution in [0.15, 0.2) is 54.0 Å². The van der Waals surface area contributed by atoms with E-state index in [-0.39, 0.29) is 5.69 Å². The highest BCUT2D eigenvalue weighted by Gasteiger charge is 2.11. The largest absolute Gasteiger partial charge is 0.495 e. The SMILES string of the molecule is COc1ccc(Cl)cc1N/C=C(/C#N)c1nc(-c2ccc([N+](=O)[O-])cc2)cs1. The van der Waals surface area contributed by atoms with Crippen LogP contribution in [0.4, 0.5) is 11.4 Å². The van der Waals surface area contributed by atoms with Gasteiger partial charge in [0.25, 0.3) is 5.69 Å². The van der Waals surface area contributed by atoms with Gasteiger partial charge in [-0.05, 0) is 30.3 Å². The third-order valence-corrected chi connectivity index (χ3v) is 4.87. The Labute approximate surface area is 169 Å². The van der Waals surface area contributed by atoms with Crippen LogP contribution in [0.25, 0.3) is 16.8 Å². The molecule has 0 bridgehead atoms. The predicted octanol–water partition coefficient (Wildman–Crippen LogP) is 5.36. The molecular formula is C19H13ClN4O3S. The summed E-state index contributed by atoms with van der Waals surface area (Å²) in [6.45, 7) is 0. The number of benzene rings is 2. The summed E-state index contributed by atoms with van der Waals surface area (Å²) in [7, 11) is 1.54. The Bertz CT molecular complexity index is 1090. The molecule has 0 aliphatic heterocycles. The second-order valence-corrected chi connectivity index (χ2v) is 6.80. The summed E-state index contributed by atoms with van der Waals surface area (Å²) in [6, 6.07) is 13.3. The number of allylic oxidation sites excluding steroid dienone is 1. The van der Waals surface area contributed by atoms with E-state index in [0.29, 0.717) is 32.7 Å². The lowest BCUT2D eigenvalue weighted by Crippen LogP contribution is -1.95. The molecule has 3 aromatic rings. The number of nitriles is 1. The Hall–Kier alpha value is -3.41. The zero-order valence-corrected chi connectivity index (χ0v) is 16.1. The minimum atomic E-state index is -0.456. The molecule has 140 valence electrons. The van der Waals surface area contributed by atoms with E-state index in [4.69, 9.17) is 16.3 Å². The Morgan fingerprint density at radius 3 is 2.75 bits per heavy atom. The second-order valence-electron chi connectivity index (χ2n) is 5.50. The van der Waals surface area contributed by atoms with Crippen molar-refractivity contribution in [3.63, 3.8) is 0 Å². The number of rotatable bonds is 6. The minimum Gasteiger partial charge on any atom is -0.495 e. The van der Waals surface area contributed by atoms with Crippen molar-refractivity contribution in [2.24, 2.45) is 0 Å². The van der Waals surface area contributed by atoms with Crippen LogP contribution >= 0.6 is 22.9 Å². The van der Waals surface area contributed by atoms with Gasteiger partial charge in [-0.25, -0.2) is 4.98 Å². The highest BCUT2D eigenvalue weighted by Crippen LogP contribution is 2.30. The summed E-state index contributed by atoms with van der Waals surface area (Å²) in [4.78, 5) is 14.8. The molecule has 0 atom stereocenters. The van der Waals surface area contributed by atoms with Gasteiger partial charge in [-0.1, -0.05) is 11.6 Å². The number of hydrogen-bond donors (Lipinski definition) is 1. The zero-order chi connectivity index (χ0) is 20.1. The van der Waals surface area contributed by atoms with Crippen molar-refractivity contribution in [3.05, 3.63) is 74.2 Å². The number of hydrogen-bond acceptors (Lipinski definition) is 7. The van der Waals surface area contributed by atoms with Crippen LogP contribution in [0.3, 0.4) is 0 Å². The fraction of sp³-hybridized carbons (Fsp3) is 0.0526. The molecule has 0 saturated carbocycles. The molecule has 1 aromatic heterocycles. The lowest BCUT2D eigenvalue weighted by molar-refractivity contribution is -0.384. The number of ether oxygens (including phenoxy) is 1. The van der Waals surface area contributed by atoms with Gasteiger partial charge in [0.15, 0.2) is 0 Å². The van der Waals surface area contributed by atoms with Gasteiger partial charge in [-0.2, -0.15) is 5.26 Å². The topological polar surface area (TPSA) is 101 Å². The van der Waals surface area contributed by atoms with E-state index in [1.54, 1.807) is 42.8 Å². The van der Waals surface area contributed by atoms with Gasteiger partial charge in [-0.3, -0.25) is 10.1 Å². The Balaban J connectivity index is 1.84. The van der Waals surface area contributed by atoms with Gasteiger partial charge in [0.2, 0.25) is 0 Å². The summed E-state index contributed by atoms with van der Waals surface area (Å²) >= 11 is 7.31. The minimum absolute atomic E-state index is 0.0106. The van der Waals surface area contributed by atoms with E-state index < -0.39 is 4.92 Å². The van der Waals surface area contributed by atoms with Crippen LogP contribution in [0.5, 0.6) is 5.75 Å². The highest BCUT2D eigenvalue weighted by atomic mass is 35.5. The zero-order valence-electron chi connectivity index (χ0n) is 14.5. The maximum Gasteiger partial charge on any atom is 0.269 e. The number of non-ortho nitro benzene ring substituents is 1. The predicted molar refractivity (Wildman–Crippen MR) is 109 cm³/mol.